The smallest absolute Gasteiger partial charge is 0.311 e. The summed E-state index contributed by atoms with van der Waals surface area (Å²) in [6, 6.07) is 0. The maximum Gasteiger partial charge on any atom is 0.311 e. The summed E-state index contributed by atoms with van der Waals surface area (Å²) in [5.41, 5.74) is 0. The van der Waals surface area contributed by atoms with Crippen LogP contribution in [0, 0.1) is 5.92 Å². The third-order valence-electron chi connectivity index (χ3n) is 3.06. The summed E-state index contributed by atoms with van der Waals surface area (Å²) < 4.78 is 5.44. The summed E-state index contributed by atoms with van der Waals surface area (Å²) >= 11 is 0. The molecule has 0 aromatic carbocycles. The summed E-state index contributed by atoms with van der Waals surface area (Å²) in [5.74, 6) is 0.118. The van der Waals surface area contributed by atoms with Gasteiger partial charge in [0, 0.05) is 26.2 Å². The number of nitrogens with one attached hydrogen (secondary N) is 1. The summed E-state index contributed by atoms with van der Waals surface area (Å²) in [7, 11) is 2.11. The van der Waals surface area contributed by atoms with Crippen LogP contribution in [0.3, 0.4) is 0 Å². The standard InChI is InChI=1S/C10H18N2O2/c1-12-4-2-9(3-5-12)14-10(13)8-6-11-7-8/h8-9,11H,2-7H2,1H3. The Balaban J connectivity index is 1.71. The molecule has 0 bridgehead atoms. The molecule has 0 aromatic rings. The van der Waals surface area contributed by atoms with Crippen LogP contribution in [-0.4, -0.2) is 50.2 Å². The highest BCUT2D eigenvalue weighted by Crippen LogP contribution is 2.15. The van der Waals surface area contributed by atoms with Gasteiger partial charge in [0.15, 0.2) is 0 Å². The van der Waals surface area contributed by atoms with Crippen molar-refractivity contribution in [2.45, 2.75) is 18.9 Å². The normalized spacial score (nSPS) is 25.8. The molecule has 2 aliphatic heterocycles. The number of piperidine rings is 1. The van der Waals surface area contributed by atoms with Gasteiger partial charge in [-0.25, -0.2) is 0 Å². The van der Waals surface area contributed by atoms with Gasteiger partial charge in [-0.1, -0.05) is 0 Å². The molecule has 0 radical (unpaired) electrons. The molecule has 0 unspecified atom stereocenters. The third-order valence-corrected chi connectivity index (χ3v) is 3.06. The Kier molecular flexibility index (Phi) is 3.03. The van der Waals surface area contributed by atoms with Gasteiger partial charge in [-0.3, -0.25) is 4.79 Å². The SMILES string of the molecule is CN1CCC(OC(=O)C2CNC2)CC1. The molecule has 2 rings (SSSR count). The molecule has 0 atom stereocenters. The largest absolute Gasteiger partial charge is 0.462 e. The Morgan fingerprint density at radius 3 is 2.50 bits per heavy atom. The Morgan fingerprint density at radius 2 is 2.00 bits per heavy atom. The Labute approximate surface area is 84.6 Å². The van der Waals surface area contributed by atoms with Crippen LogP contribution in [0.25, 0.3) is 0 Å². The van der Waals surface area contributed by atoms with E-state index in [9.17, 15) is 4.79 Å². The molecule has 4 heteroatoms. The Hall–Kier alpha value is -0.610. The van der Waals surface area contributed by atoms with E-state index in [1.807, 2.05) is 0 Å². The number of ether oxygens (including phenoxy) is 1. The molecule has 80 valence electrons. The molecular weight excluding hydrogens is 180 g/mol. The summed E-state index contributed by atoms with van der Waals surface area (Å²) in [4.78, 5) is 13.8. The molecule has 2 aliphatic rings. The van der Waals surface area contributed by atoms with E-state index in [0.717, 1.165) is 39.0 Å². The summed E-state index contributed by atoms with van der Waals surface area (Å²) in [6.45, 7) is 3.68. The van der Waals surface area contributed by atoms with Crippen molar-refractivity contribution in [2.75, 3.05) is 33.2 Å². The summed E-state index contributed by atoms with van der Waals surface area (Å²) in [5, 5.41) is 3.08. The first-order valence-electron chi connectivity index (χ1n) is 5.35. The number of hydrogen-bond acceptors (Lipinski definition) is 4. The van der Waals surface area contributed by atoms with Gasteiger partial charge in [0.25, 0.3) is 0 Å². The van der Waals surface area contributed by atoms with Crippen molar-refractivity contribution in [3.8, 4) is 0 Å². The van der Waals surface area contributed by atoms with Crippen LogP contribution in [0.1, 0.15) is 12.8 Å². The van der Waals surface area contributed by atoms with Crippen LogP contribution in [0.4, 0.5) is 0 Å². The van der Waals surface area contributed by atoms with Crippen molar-refractivity contribution in [1.29, 1.82) is 0 Å². The molecule has 0 amide bonds. The quantitative estimate of drug-likeness (QED) is 0.626. The van der Waals surface area contributed by atoms with Crippen LogP contribution in [0.15, 0.2) is 0 Å². The minimum absolute atomic E-state index is 0.00157. The van der Waals surface area contributed by atoms with Gasteiger partial charge in [0.05, 0.1) is 5.92 Å². The fraction of sp³-hybridized carbons (Fsp3) is 0.900. The van der Waals surface area contributed by atoms with E-state index in [4.69, 9.17) is 4.74 Å². The first kappa shape index (κ1) is 9.93. The maximum absolute atomic E-state index is 11.5. The molecule has 14 heavy (non-hydrogen) atoms. The van der Waals surface area contributed by atoms with Crippen LogP contribution in [0.5, 0.6) is 0 Å². The highest BCUT2D eigenvalue weighted by Gasteiger charge is 2.29. The molecule has 0 saturated carbocycles. The monoisotopic (exact) mass is 198 g/mol. The van der Waals surface area contributed by atoms with Crippen molar-refractivity contribution < 1.29 is 9.53 Å². The number of nitrogens with zero attached hydrogens (tertiary/aromatic N) is 1. The van der Waals surface area contributed by atoms with E-state index in [2.05, 4.69) is 17.3 Å². The van der Waals surface area contributed by atoms with Crippen molar-refractivity contribution >= 4 is 5.97 Å². The molecule has 0 spiro atoms. The van der Waals surface area contributed by atoms with Crippen LogP contribution in [-0.2, 0) is 9.53 Å². The average Bonchev–Trinajstić information content (AvgIpc) is 2.06. The predicted octanol–water partition coefficient (Wildman–Crippen LogP) is -0.157. The minimum Gasteiger partial charge on any atom is -0.462 e. The van der Waals surface area contributed by atoms with Gasteiger partial charge < -0.3 is 15.0 Å². The molecule has 0 aliphatic carbocycles. The lowest BCUT2D eigenvalue weighted by Gasteiger charge is -2.31. The predicted molar refractivity (Wildman–Crippen MR) is 53.0 cm³/mol. The third kappa shape index (κ3) is 2.25. The fourth-order valence-electron chi connectivity index (χ4n) is 1.82. The number of hydrogen-bond donors (Lipinski definition) is 1. The van der Waals surface area contributed by atoms with Crippen molar-refractivity contribution in [3.63, 3.8) is 0 Å². The van der Waals surface area contributed by atoms with Crippen LogP contribution >= 0.6 is 0 Å². The van der Waals surface area contributed by atoms with Crippen molar-refractivity contribution in [1.82, 2.24) is 10.2 Å². The van der Waals surface area contributed by atoms with Crippen LogP contribution < -0.4 is 5.32 Å². The Bertz CT molecular complexity index is 208. The minimum atomic E-state index is -0.00157. The number of likely N-dealkylation sites (tertiary alicyclic amines) is 1. The summed E-state index contributed by atoms with van der Waals surface area (Å²) in [6.07, 6.45) is 2.14. The zero-order valence-electron chi connectivity index (χ0n) is 8.66. The molecular formula is C10H18N2O2. The van der Waals surface area contributed by atoms with Gasteiger partial charge >= 0.3 is 5.97 Å². The molecule has 2 fully saturated rings. The van der Waals surface area contributed by atoms with E-state index in [1.165, 1.54) is 0 Å². The zero-order chi connectivity index (χ0) is 9.97. The topological polar surface area (TPSA) is 41.6 Å². The van der Waals surface area contributed by atoms with E-state index in [1.54, 1.807) is 0 Å². The lowest BCUT2D eigenvalue weighted by atomic mass is 10.0. The van der Waals surface area contributed by atoms with Crippen molar-refractivity contribution in [3.05, 3.63) is 0 Å². The van der Waals surface area contributed by atoms with Gasteiger partial charge in [-0.15, -0.1) is 0 Å². The second-order valence-corrected chi connectivity index (χ2v) is 4.29. The maximum atomic E-state index is 11.5. The highest BCUT2D eigenvalue weighted by molar-refractivity contribution is 5.74. The average molecular weight is 198 g/mol. The fourth-order valence-corrected chi connectivity index (χ4v) is 1.82. The van der Waals surface area contributed by atoms with Crippen LogP contribution in [0.2, 0.25) is 0 Å². The van der Waals surface area contributed by atoms with E-state index >= 15 is 0 Å². The number of carbonyl (C=O) groups is 1. The lowest BCUT2D eigenvalue weighted by molar-refractivity contribution is -0.157. The number of rotatable bonds is 2. The first-order chi connectivity index (χ1) is 6.75. The highest BCUT2D eigenvalue weighted by atomic mass is 16.5. The van der Waals surface area contributed by atoms with Gasteiger partial charge in [-0.2, -0.15) is 0 Å². The van der Waals surface area contributed by atoms with Gasteiger partial charge in [-0.05, 0) is 19.9 Å². The molecule has 2 saturated heterocycles. The molecule has 0 aromatic heterocycles. The Morgan fingerprint density at radius 1 is 1.36 bits per heavy atom. The van der Waals surface area contributed by atoms with Gasteiger partial charge in [0.2, 0.25) is 0 Å². The first-order valence-corrected chi connectivity index (χ1v) is 5.35. The zero-order valence-corrected chi connectivity index (χ0v) is 8.66. The second-order valence-electron chi connectivity index (χ2n) is 4.29. The molecule has 2 heterocycles. The molecule has 4 nitrogen and oxygen atoms in total. The van der Waals surface area contributed by atoms with Gasteiger partial charge in [0.1, 0.15) is 6.10 Å². The second kappa shape index (κ2) is 4.28. The van der Waals surface area contributed by atoms with E-state index < -0.39 is 0 Å². The lowest BCUT2D eigenvalue weighted by Crippen LogP contribution is -2.48. The van der Waals surface area contributed by atoms with E-state index in [-0.39, 0.29) is 18.0 Å². The van der Waals surface area contributed by atoms with E-state index in [0.29, 0.717) is 0 Å². The number of carbonyl (C=O) groups excluding carboxylic acids is 1. The number of esters is 1. The molecule has 1 N–H and O–H groups in total. The van der Waals surface area contributed by atoms with Crippen molar-refractivity contribution in [2.24, 2.45) is 5.92 Å².